The first-order valence-electron chi connectivity index (χ1n) is 2.95. The third-order valence-electron chi connectivity index (χ3n) is 1.06. The highest BCUT2D eigenvalue weighted by atomic mass is 16.1. The molecule has 2 amide bonds. The molecule has 0 spiro atoms. The molecular weight excluding hydrogens is 144 g/mol. The lowest BCUT2D eigenvalue weighted by Crippen LogP contribution is -2.15. The third-order valence-corrected chi connectivity index (χ3v) is 1.06. The summed E-state index contributed by atoms with van der Waals surface area (Å²) >= 11 is 0. The summed E-state index contributed by atoms with van der Waals surface area (Å²) in [5, 5.41) is 0. The van der Waals surface area contributed by atoms with Crippen molar-refractivity contribution in [3.63, 3.8) is 0 Å². The van der Waals surface area contributed by atoms with E-state index in [1.807, 2.05) is 0 Å². The van der Waals surface area contributed by atoms with Gasteiger partial charge in [0.25, 0.3) is 0 Å². The Balaban J connectivity index is 4.37. The molecule has 0 heterocycles. The van der Waals surface area contributed by atoms with Gasteiger partial charge in [0.15, 0.2) is 0 Å². The van der Waals surface area contributed by atoms with Crippen molar-refractivity contribution in [2.24, 2.45) is 5.73 Å². The average Bonchev–Trinajstić information content (AvgIpc) is 1.99. The predicted molar refractivity (Wildman–Crippen MR) is 41.1 cm³/mol. The van der Waals surface area contributed by atoms with E-state index in [1.165, 1.54) is 19.3 Å². The van der Waals surface area contributed by atoms with Gasteiger partial charge < -0.3 is 5.73 Å². The first-order chi connectivity index (χ1) is 5.11. The van der Waals surface area contributed by atoms with Crippen molar-refractivity contribution < 1.29 is 9.59 Å². The molecule has 0 aromatic rings. The van der Waals surface area contributed by atoms with Gasteiger partial charge in [0, 0.05) is 18.0 Å². The molecule has 0 saturated carbocycles. The second kappa shape index (κ2) is 4.27. The van der Waals surface area contributed by atoms with Crippen molar-refractivity contribution in [2.45, 2.75) is 6.92 Å². The first-order valence-corrected chi connectivity index (χ1v) is 2.95. The Kier molecular flexibility index (Phi) is 3.66. The molecule has 60 valence electrons. The van der Waals surface area contributed by atoms with Crippen LogP contribution in [0.25, 0.3) is 0 Å². The van der Waals surface area contributed by atoms with Crippen molar-refractivity contribution in [3.05, 3.63) is 24.6 Å². The van der Waals surface area contributed by atoms with E-state index in [4.69, 9.17) is 5.73 Å². The Labute approximate surface area is 65.0 Å². The molecular formula is C7H10N2O2. The number of nitrogens with zero attached hydrogens (tertiary/aromatic N) is 1. The zero-order chi connectivity index (χ0) is 8.85. The van der Waals surface area contributed by atoms with Crippen LogP contribution in [0.5, 0.6) is 0 Å². The number of nitrogens with two attached hydrogens (primary N) is 1. The fourth-order valence-electron chi connectivity index (χ4n) is 0.413. The van der Waals surface area contributed by atoms with Crippen LogP contribution < -0.4 is 5.73 Å². The zero-order valence-electron chi connectivity index (χ0n) is 6.28. The summed E-state index contributed by atoms with van der Waals surface area (Å²) in [6.45, 7) is 4.86. The molecule has 0 aliphatic rings. The van der Waals surface area contributed by atoms with Gasteiger partial charge in [-0.1, -0.05) is 6.58 Å². The van der Waals surface area contributed by atoms with Crippen molar-refractivity contribution in [1.29, 1.82) is 0 Å². The number of amides is 2. The normalized spacial score (nSPS) is 10.5. The van der Waals surface area contributed by atoms with E-state index in [0.29, 0.717) is 12.0 Å². The topological polar surface area (TPSA) is 63.4 Å². The van der Waals surface area contributed by atoms with Crippen LogP contribution in [0.1, 0.15) is 6.92 Å². The van der Waals surface area contributed by atoms with Gasteiger partial charge in [-0.05, 0) is 6.92 Å². The van der Waals surface area contributed by atoms with Gasteiger partial charge in [-0.25, -0.2) is 0 Å². The molecule has 0 fully saturated rings. The fourth-order valence-corrected chi connectivity index (χ4v) is 0.413. The minimum Gasteiger partial charge on any atom is -0.366 e. The summed E-state index contributed by atoms with van der Waals surface area (Å²) < 4.78 is 0. The maximum Gasteiger partial charge on any atom is 0.245 e. The maximum atomic E-state index is 10.4. The molecule has 0 aliphatic heterocycles. The number of hydrogen-bond acceptors (Lipinski definition) is 2. The summed E-state index contributed by atoms with van der Waals surface area (Å²) in [5.74, 6) is -0.557. The third kappa shape index (κ3) is 3.20. The Bertz CT molecular complexity index is 200. The zero-order valence-corrected chi connectivity index (χ0v) is 6.28. The Morgan fingerprint density at radius 2 is 2.18 bits per heavy atom. The number of carbonyl (C=O) groups excluding carboxylic acids is 2. The molecule has 0 saturated heterocycles. The highest BCUT2D eigenvalue weighted by Gasteiger charge is 1.98. The molecule has 0 bridgehead atoms. The van der Waals surface area contributed by atoms with Crippen LogP contribution in [0.2, 0.25) is 0 Å². The van der Waals surface area contributed by atoms with Crippen LogP contribution in [-0.2, 0) is 9.59 Å². The van der Waals surface area contributed by atoms with Gasteiger partial charge in [0.1, 0.15) is 0 Å². The largest absolute Gasteiger partial charge is 0.366 e. The number of hydrogen-bond donors (Lipinski definition) is 1. The Hall–Kier alpha value is -1.58. The smallest absolute Gasteiger partial charge is 0.245 e. The average molecular weight is 154 g/mol. The van der Waals surface area contributed by atoms with Crippen LogP contribution in [0.15, 0.2) is 24.6 Å². The van der Waals surface area contributed by atoms with E-state index in [2.05, 4.69) is 6.58 Å². The summed E-state index contributed by atoms with van der Waals surface area (Å²) in [6, 6.07) is 0. The lowest BCUT2D eigenvalue weighted by molar-refractivity contribution is -0.114. The van der Waals surface area contributed by atoms with Crippen molar-refractivity contribution in [3.8, 4) is 0 Å². The van der Waals surface area contributed by atoms with Gasteiger partial charge in [-0.15, -0.1) is 0 Å². The van der Waals surface area contributed by atoms with Gasteiger partial charge >= 0.3 is 0 Å². The van der Waals surface area contributed by atoms with Crippen LogP contribution in [-0.4, -0.2) is 17.2 Å². The van der Waals surface area contributed by atoms with Gasteiger partial charge in [-0.3, -0.25) is 14.5 Å². The number of rotatable bonds is 4. The van der Waals surface area contributed by atoms with E-state index in [-0.39, 0.29) is 0 Å². The van der Waals surface area contributed by atoms with Crippen LogP contribution in [0.4, 0.5) is 0 Å². The summed E-state index contributed by atoms with van der Waals surface area (Å²) in [5.41, 5.74) is 5.21. The minimum atomic E-state index is -0.557. The van der Waals surface area contributed by atoms with Crippen molar-refractivity contribution in [1.82, 2.24) is 4.90 Å². The van der Waals surface area contributed by atoms with E-state index >= 15 is 0 Å². The monoisotopic (exact) mass is 154 g/mol. The van der Waals surface area contributed by atoms with Crippen LogP contribution >= 0.6 is 0 Å². The SMILES string of the molecule is C=CN(C=O)C=C(C)C(N)=O. The summed E-state index contributed by atoms with van der Waals surface area (Å²) in [6.07, 6.45) is 3.11. The standard InChI is InChI=1S/C7H10N2O2/c1-3-9(5-10)4-6(2)7(8)11/h3-5H,1H2,2H3,(H2,8,11). The molecule has 0 radical (unpaired) electrons. The quantitative estimate of drug-likeness (QED) is 0.456. The molecule has 0 unspecified atom stereocenters. The predicted octanol–water partition coefficient (Wildman–Crippen LogP) is -0.0226. The maximum absolute atomic E-state index is 10.4. The molecule has 0 aromatic carbocycles. The van der Waals surface area contributed by atoms with E-state index in [0.717, 1.165) is 4.90 Å². The van der Waals surface area contributed by atoms with Crippen molar-refractivity contribution >= 4 is 12.3 Å². The highest BCUT2D eigenvalue weighted by Crippen LogP contribution is 1.93. The molecule has 2 N–H and O–H groups in total. The fraction of sp³-hybridized carbons (Fsp3) is 0.143. The highest BCUT2D eigenvalue weighted by molar-refractivity contribution is 5.91. The second-order valence-corrected chi connectivity index (χ2v) is 1.91. The number of carbonyl (C=O) groups is 2. The van der Waals surface area contributed by atoms with Gasteiger partial charge in [0.2, 0.25) is 12.3 Å². The lowest BCUT2D eigenvalue weighted by atomic mass is 10.3. The molecule has 11 heavy (non-hydrogen) atoms. The van der Waals surface area contributed by atoms with Crippen molar-refractivity contribution in [2.75, 3.05) is 0 Å². The Morgan fingerprint density at radius 3 is 2.45 bits per heavy atom. The minimum absolute atomic E-state index is 0.303. The first kappa shape index (κ1) is 9.42. The molecule has 0 atom stereocenters. The molecule has 0 aliphatic carbocycles. The number of primary amides is 1. The van der Waals surface area contributed by atoms with Gasteiger partial charge in [-0.2, -0.15) is 0 Å². The van der Waals surface area contributed by atoms with Crippen LogP contribution in [0, 0.1) is 0 Å². The molecule has 0 rings (SSSR count). The van der Waals surface area contributed by atoms with Gasteiger partial charge in [0.05, 0.1) is 0 Å². The van der Waals surface area contributed by atoms with E-state index in [9.17, 15) is 9.59 Å². The second-order valence-electron chi connectivity index (χ2n) is 1.91. The molecule has 4 heteroatoms. The summed E-state index contributed by atoms with van der Waals surface area (Å²) in [7, 11) is 0. The van der Waals surface area contributed by atoms with Crippen LogP contribution in [0.3, 0.4) is 0 Å². The Morgan fingerprint density at radius 1 is 1.64 bits per heavy atom. The van der Waals surface area contributed by atoms with E-state index < -0.39 is 5.91 Å². The lowest BCUT2D eigenvalue weighted by Gasteiger charge is -2.04. The van der Waals surface area contributed by atoms with E-state index in [1.54, 1.807) is 0 Å². The summed E-state index contributed by atoms with van der Waals surface area (Å²) in [4.78, 5) is 21.7. The molecule has 0 aromatic heterocycles. The molecule has 4 nitrogen and oxygen atoms in total.